The molecule has 0 aliphatic heterocycles. The second kappa shape index (κ2) is 6.94. The highest BCUT2D eigenvalue weighted by atomic mass is 16.5. The molecule has 0 aromatic carbocycles. The summed E-state index contributed by atoms with van der Waals surface area (Å²) < 4.78 is 6.31. The summed E-state index contributed by atoms with van der Waals surface area (Å²) in [7, 11) is 0. The van der Waals surface area contributed by atoms with E-state index in [4.69, 9.17) is 4.74 Å². The first-order valence-corrected chi connectivity index (χ1v) is 11.2. The van der Waals surface area contributed by atoms with Crippen molar-refractivity contribution in [1.82, 2.24) is 0 Å². The Labute approximate surface area is 169 Å². The highest BCUT2D eigenvalue weighted by molar-refractivity contribution is 5.40. The SMILES string of the molecule is CC(C)(O)CCO[C@H]1CC[C@H]2C3=CC=C4C[C@@H](O)C[C@H](O)[C@@]4(C)[C@H]3CC[C@]12C. The summed E-state index contributed by atoms with van der Waals surface area (Å²) in [5, 5.41) is 31.1. The van der Waals surface area contributed by atoms with E-state index in [0.717, 1.165) is 25.7 Å². The van der Waals surface area contributed by atoms with Crippen LogP contribution in [0.5, 0.6) is 0 Å². The minimum atomic E-state index is -0.681. The number of aliphatic hydroxyl groups is 3. The third-order valence-corrected chi connectivity index (χ3v) is 8.59. The maximum Gasteiger partial charge on any atom is 0.0661 e. The molecular weight excluding hydrogens is 352 g/mol. The largest absolute Gasteiger partial charge is 0.393 e. The van der Waals surface area contributed by atoms with E-state index in [0.29, 0.717) is 37.7 Å². The van der Waals surface area contributed by atoms with Gasteiger partial charge in [0, 0.05) is 23.9 Å². The van der Waals surface area contributed by atoms with Crippen LogP contribution in [0.15, 0.2) is 23.3 Å². The van der Waals surface area contributed by atoms with Crippen molar-refractivity contribution in [2.75, 3.05) is 6.61 Å². The summed E-state index contributed by atoms with van der Waals surface area (Å²) in [6, 6.07) is 0. The van der Waals surface area contributed by atoms with Crippen molar-refractivity contribution in [3.8, 4) is 0 Å². The molecule has 0 aromatic rings. The summed E-state index contributed by atoms with van der Waals surface area (Å²) in [6.07, 6.45) is 10.1. The molecule has 0 amide bonds. The zero-order valence-corrected chi connectivity index (χ0v) is 17.9. The number of fused-ring (bicyclic) bond motifs is 5. The second-order valence-electron chi connectivity index (χ2n) is 10.9. The number of hydrogen-bond donors (Lipinski definition) is 3. The van der Waals surface area contributed by atoms with Gasteiger partial charge in [0.25, 0.3) is 0 Å². The van der Waals surface area contributed by atoms with Crippen LogP contribution in [0.3, 0.4) is 0 Å². The number of aliphatic hydroxyl groups excluding tert-OH is 2. The van der Waals surface area contributed by atoms with E-state index in [-0.39, 0.29) is 16.9 Å². The predicted octanol–water partition coefficient (Wildman–Crippen LogP) is 3.75. The first kappa shape index (κ1) is 20.6. The van der Waals surface area contributed by atoms with E-state index >= 15 is 0 Å². The second-order valence-corrected chi connectivity index (χ2v) is 10.9. The molecule has 4 aliphatic carbocycles. The maximum absolute atomic E-state index is 10.9. The van der Waals surface area contributed by atoms with Gasteiger partial charge in [-0.15, -0.1) is 0 Å². The van der Waals surface area contributed by atoms with Gasteiger partial charge >= 0.3 is 0 Å². The number of ether oxygens (including phenoxy) is 1. The van der Waals surface area contributed by atoms with Gasteiger partial charge in [-0.05, 0) is 64.2 Å². The number of allylic oxidation sites excluding steroid dienone is 3. The Balaban J connectivity index is 1.55. The molecule has 0 unspecified atom stereocenters. The van der Waals surface area contributed by atoms with Gasteiger partial charge in [0.15, 0.2) is 0 Å². The molecule has 3 N–H and O–H groups in total. The lowest BCUT2D eigenvalue weighted by molar-refractivity contribution is -0.0776. The molecule has 0 radical (unpaired) electrons. The van der Waals surface area contributed by atoms with Crippen LogP contribution >= 0.6 is 0 Å². The van der Waals surface area contributed by atoms with Crippen molar-refractivity contribution in [1.29, 1.82) is 0 Å². The van der Waals surface area contributed by atoms with Gasteiger partial charge in [-0.2, -0.15) is 0 Å². The lowest BCUT2D eigenvalue weighted by Crippen LogP contribution is -2.52. The van der Waals surface area contributed by atoms with E-state index in [1.165, 1.54) is 11.1 Å². The molecule has 0 saturated heterocycles. The summed E-state index contributed by atoms with van der Waals surface area (Å²) in [5.74, 6) is 0.885. The third kappa shape index (κ3) is 3.21. The van der Waals surface area contributed by atoms with Crippen molar-refractivity contribution in [3.63, 3.8) is 0 Å². The summed E-state index contributed by atoms with van der Waals surface area (Å²) >= 11 is 0. The zero-order valence-electron chi connectivity index (χ0n) is 17.9. The maximum atomic E-state index is 10.9. The standard InChI is InChI=1S/C24H38O4/c1-22(2,27)11-12-28-21-8-7-18-17-6-5-15-13-16(25)14-20(26)24(15,4)19(17)9-10-23(18,21)3/h5-6,16,18-21,25-27H,7-14H2,1-4H3/t16-,18+,19+,20+,21+,23+,24-/m1/s1. The number of rotatable bonds is 4. The van der Waals surface area contributed by atoms with Gasteiger partial charge in [0.2, 0.25) is 0 Å². The topological polar surface area (TPSA) is 69.9 Å². The Hall–Kier alpha value is -0.680. The Bertz CT molecular complexity index is 675. The Morgan fingerprint density at radius 3 is 2.57 bits per heavy atom. The molecule has 3 fully saturated rings. The summed E-state index contributed by atoms with van der Waals surface area (Å²) in [6.45, 7) is 8.90. The van der Waals surface area contributed by atoms with Gasteiger partial charge in [0.05, 0.1) is 23.9 Å². The van der Waals surface area contributed by atoms with Crippen LogP contribution in [-0.4, -0.2) is 45.8 Å². The fourth-order valence-electron chi connectivity index (χ4n) is 6.73. The highest BCUT2D eigenvalue weighted by Crippen LogP contribution is 2.63. The van der Waals surface area contributed by atoms with E-state index in [2.05, 4.69) is 26.0 Å². The van der Waals surface area contributed by atoms with Crippen LogP contribution in [0.2, 0.25) is 0 Å². The molecular formula is C24H38O4. The van der Waals surface area contributed by atoms with Gasteiger partial charge < -0.3 is 20.1 Å². The molecule has 0 heterocycles. The normalized spacial score (nSPS) is 45.6. The van der Waals surface area contributed by atoms with Crippen LogP contribution in [0.4, 0.5) is 0 Å². The first-order chi connectivity index (χ1) is 13.1. The summed E-state index contributed by atoms with van der Waals surface area (Å²) in [4.78, 5) is 0. The molecule has 4 rings (SSSR count). The third-order valence-electron chi connectivity index (χ3n) is 8.59. The average molecular weight is 391 g/mol. The Morgan fingerprint density at radius 1 is 1.11 bits per heavy atom. The Kier molecular flexibility index (Phi) is 5.10. The average Bonchev–Trinajstić information content (AvgIpc) is 2.92. The molecule has 28 heavy (non-hydrogen) atoms. The minimum absolute atomic E-state index is 0.142. The van der Waals surface area contributed by atoms with E-state index in [1.807, 2.05) is 13.8 Å². The lowest BCUT2D eigenvalue weighted by atomic mass is 9.50. The van der Waals surface area contributed by atoms with Crippen LogP contribution in [0.25, 0.3) is 0 Å². The zero-order chi connectivity index (χ0) is 20.3. The van der Waals surface area contributed by atoms with Crippen molar-refractivity contribution in [2.24, 2.45) is 22.7 Å². The molecule has 7 atom stereocenters. The van der Waals surface area contributed by atoms with Crippen LogP contribution < -0.4 is 0 Å². The molecule has 4 aliphatic rings. The minimum Gasteiger partial charge on any atom is -0.393 e. The quantitative estimate of drug-likeness (QED) is 0.684. The molecule has 0 spiro atoms. The van der Waals surface area contributed by atoms with Crippen molar-refractivity contribution < 1.29 is 20.1 Å². The van der Waals surface area contributed by atoms with Crippen molar-refractivity contribution in [2.45, 2.75) is 96.6 Å². The highest BCUT2D eigenvalue weighted by Gasteiger charge is 2.58. The monoisotopic (exact) mass is 390 g/mol. The van der Waals surface area contributed by atoms with E-state index in [9.17, 15) is 15.3 Å². The van der Waals surface area contributed by atoms with Gasteiger partial charge in [-0.1, -0.05) is 37.1 Å². The van der Waals surface area contributed by atoms with Crippen LogP contribution in [0, 0.1) is 22.7 Å². The van der Waals surface area contributed by atoms with Crippen LogP contribution in [0.1, 0.15) is 72.6 Å². The van der Waals surface area contributed by atoms with E-state index < -0.39 is 17.8 Å². The van der Waals surface area contributed by atoms with Crippen LogP contribution in [-0.2, 0) is 4.74 Å². The molecule has 4 heteroatoms. The fraction of sp³-hybridized carbons (Fsp3) is 0.833. The molecule has 4 nitrogen and oxygen atoms in total. The van der Waals surface area contributed by atoms with E-state index in [1.54, 1.807) is 0 Å². The van der Waals surface area contributed by atoms with Gasteiger partial charge in [-0.25, -0.2) is 0 Å². The smallest absolute Gasteiger partial charge is 0.0661 e. The van der Waals surface area contributed by atoms with Gasteiger partial charge in [0.1, 0.15) is 0 Å². The fourth-order valence-corrected chi connectivity index (χ4v) is 6.73. The molecule has 0 bridgehead atoms. The number of hydrogen-bond acceptors (Lipinski definition) is 4. The Morgan fingerprint density at radius 2 is 1.86 bits per heavy atom. The molecule has 0 aromatic heterocycles. The molecule has 3 saturated carbocycles. The summed E-state index contributed by atoms with van der Waals surface area (Å²) in [5.41, 5.74) is 1.96. The van der Waals surface area contributed by atoms with Crippen molar-refractivity contribution >= 4 is 0 Å². The first-order valence-electron chi connectivity index (χ1n) is 11.2. The molecule has 158 valence electrons. The van der Waals surface area contributed by atoms with Gasteiger partial charge in [-0.3, -0.25) is 0 Å². The van der Waals surface area contributed by atoms with Crippen molar-refractivity contribution in [3.05, 3.63) is 23.3 Å². The lowest BCUT2D eigenvalue weighted by Gasteiger charge is -2.56. The predicted molar refractivity (Wildman–Crippen MR) is 110 cm³/mol.